The molecule has 0 aromatic carbocycles. The van der Waals surface area contributed by atoms with Crippen LogP contribution in [0.1, 0.15) is 27.2 Å². The van der Waals surface area contributed by atoms with Crippen LogP contribution < -0.4 is 0 Å². The van der Waals surface area contributed by atoms with Gasteiger partial charge in [-0.1, -0.05) is 11.6 Å². The van der Waals surface area contributed by atoms with E-state index in [-0.39, 0.29) is 0 Å². The van der Waals surface area contributed by atoms with Gasteiger partial charge in [0, 0.05) is 7.11 Å². The second-order valence-electron chi connectivity index (χ2n) is 3.17. The highest BCUT2D eigenvalue weighted by molar-refractivity contribution is 5.00. The van der Waals surface area contributed by atoms with Crippen LogP contribution in [0.25, 0.3) is 0 Å². The van der Waals surface area contributed by atoms with Gasteiger partial charge in [-0.15, -0.1) is 0 Å². The van der Waals surface area contributed by atoms with E-state index >= 15 is 0 Å². The predicted molar refractivity (Wildman–Crippen MR) is 55.6 cm³/mol. The summed E-state index contributed by atoms with van der Waals surface area (Å²) in [5, 5.41) is 0. The molecule has 0 saturated heterocycles. The lowest BCUT2D eigenvalue weighted by Crippen LogP contribution is -1.99. The summed E-state index contributed by atoms with van der Waals surface area (Å²) >= 11 is 0. The highest BCUT2D eigenvalue weighted by atomic mass is 16.5. The standard InChI is InChI=1S/C11H20O2/c1-10(2)6-5-7-11(3)13-9-8-12-4/h6-7H,5,8-9H2,1-4H3/b11-7+. The summed E-state index contributed by atoms with van der Waals surface area (Å²) in [5.41, 5.74) is 1.33. The van der Waals surface area contributed by atoms with E-state index in [0.717, 1.165) is 12.2 Å². The fraction of sp³-hybridized carbons (Fsp3) is 0.636. The van der Waals surface area contributed by atoms with E-state index < -0.39 is 0 Å². The molecular formula is C11H20O2. The number of hydrogen-bond acceptors (Lipinski definition) is 2. The third-order valence-electron chi connectivity index (χ3n) is 1.55. The molecule has 0 aromatic heterocycles. The number of allylic oxidation sites excluding steroid dienone is 4. The predicted octanol–water partition coefficient (Wildman–Crippen LogP) is 2.91. The molecule has 0 radical (unpaired) electrons. The summed E-state index contributed by atoms with van der Waals surface area (Å²) in [4.78, 5) is 0. The van der Waals surface area contributed by atoms with Crippen molar-refractivity contribution in [2.75, 3.05) is 20.3 Å². The first-order valence-corrected chi connectivity index (χ1v) is 4.58. The van der Waals surface area contributed by atoms with Crippen molar-refractivity contribution in [3.8, 4) is 0 Å². The van der Waals surface area contributed by atoms with E-state index in [1.807, 2.05) is 6.92 Å². The number of ether oxygens (including phenoxy) is 2. The molecule has 0 spiro atoms. The van der Waals surface area contributed by atoms with Crippen molar-refractivity contribution in [1.82, 2.24) is 0 Å². The zero-order chi connectivity index (χ0) is 10.1. The van der Waals surface area contributed by atoms with E-state index in [2.05, 4.69) is 26.0 Å². The van der Waals surface area contributed by atoms with E-state index in [9.17, 15) is 0 Å². The van der Waals surface area contributed by atoms with Crippen LogP contribution in [0.4, 0.5) is 0 Å². The van der Waals surface area contributed by atoms with Crippen LogP contribution in [0.5, 0.6) is 0 Å². The molecule has 0 aliphatic carbocycles. The first kappa shape index (κ1) is 12.2. The zero-order valence-electron chi connectivity index (χ0n) is 9.09. The van der Waals surface area contributed by atoms with Gasteiger partial charge in [-0.3, -0.25) is 0 Å². The largest absolute Gasteiger partial charge is 0.496 e. The van der Waals surface area contributed by atoms with Gasteiger partial charge in [-0.05, 0) is 33.3 Å². The molecule has 0 amide bonds. The van der Waals surface area contributed by atoms with Gasteiger partial charge in [-0.2, -0.15) is 0 Å². The average molecular weight is 184 g/mol. The van der Waals surface area contributed by atoms with Crippen LogP contribution in [0, 0.1) is 0 Å². The van der Waals surface area contributed by atoms with Crippen molar-refractivity contribution < 1.29 is 9.47 Å². The Hall–Kier alpha value is -0.760. The van der Waals surface area contributed by atoms with Crippen LogP contribution >= 0.6 is 0 Å². The fourth-order valence-electron chi connectivity index (χ4n) is 0.806. The lowest BCUT2D eigenvalue weighted by molar-refractivity contribution is 0.110. The van der Waals surface area contributed by atoms with Gasteiger partial charge in [0.2, 0.25) is 0 Å². The second-order valence-corrected chi connectivity index (χ2v) is 3.17. The molecule has 0 atom stereocenters. The average Bonchev–Trinajstić information content (AvgIpc) is 2.04. The molecule has 0 bridgehead atoms. The molecule has 0 aromatic rings. The maximum Gasteiger partial charge on any atom is 0.111 e. The molecule has 2 nitrogen and oxygen atoms in total. The third-order valence-corrected chi connectivity index (χ3v) is 1.55. The molecular weight excluding hydrogens is 164 g/mol. The molecule has 76 valence electrons. The summed E-state index contributed by atoms with van der Waals surface area (Å²) in [6.45, 7) is 7.43. The topological polar surface area (TPSA) is 18.5 Å². The minimum Gasteiger partial charge on any atom is -0.496 e. The van der Waals surface area contributed by atoms with Gasteiger partial charge in [-0.25, -0.2) is 0 Å². The quantitative estimate of drug-likeness (QED) is 0.359. The number of methoxy groups -OCH3 is 1. The lowest BCUT2D eigenvalue weighted by Gasteiger charge is -2.04. The summed E-state index contributed by atoms with van der Waals surface area (Å²) in [6, 6.07) is 0. The Bertz CT molecular complexity index is 177. The van der Waals surface area contributed by atoms with Crippen molar-refractivity contribution >= 4 is 0 Å². The van der Waals surface area contributed by atoms with E-state index in [1.54, 1.807) is 7.11 Å². The van der Waals surface area contributed by atoms with Gasteiger partial charge in [0.15, 0.2) is 0 Å². The summed E-state index contributed by atoms with van der Waals surface area (Å²) in [6.07, 6.45) is 5.19. The maximum atomic E-state index is 5.37. The van der Waals surface area contributed by atoms with Crippen LogP contribution in [0.3, 0.4) is 0 Å². The number of rotatable bonds is 6. The first-order valence-electron chi connectivity index (χ1n) is 4.58. The van der Waals surface area contributed by atoms with Crippen LogP contribution in [-0.2, 0) is 9.47 Å². The Balaban J connectivity index is 3.57. The Kier molecular flexibility index (Phi) is 7.41. The van der Waals surface area contributed by atoms with E-state index in [0.29, 0.717) is 13.2 Å². The molecule has 0 N–H and O–H groups in total. The molecule has 13 heavy (non-hydrogen) atoms. The Morgan fingerprint density at radius 2 is 1.77 bits per heavy atom. The monoisotopic (exact) mass is 184 g/mol. The van der Waals surface area contributed by atoms with Gasteiger partial charge in [0.1, 0.15) is 6.61 Å². The van der Waals surface area contributed by atoms with Crippen LogP contribution in [-0.4, -0.2) is 20.3 Å². The molecule has 0 aliphatic heterocycles. The molecule has 0 saturated carbocycles. The fourth-order valence-corrected chi connectivity index (χ4v) is 0.806. The summed E-state index contributed by atoms with van der Waals surface area (Å²) < 4.78 is 10.2. The maximum absolute atomic E-state index is 5.37. The van der Waals surface area contributed by atoms with E-state index in [1.165, 1.54) is 5.57 Å². The molecule has 0 heterocycles. The Morgan fingerprint density at radius 3 is 2.31 bits per heavy atom. The zero-order valence-corrected chi connectivity index (χ0v) is 9.09. The minimum absolute atomic E-state index is 0.633. The van der Waals surface area contributed by atoms with Crippen LogP contribution in [0.15, 0.2) is 23.5 Å². The highest BCUT2D eigenvalue weighted by Crippen LogP contribution is 2.00. The Morgan fingerprint density at radius 1 is 1.08 bits per heavy atom. The van der Waals surface area contributed by atoms with Crippen molar-refractivity contribution in [2.45, 2.75) is 27.2 Å². The van der Waals surface area contributed by atoms with Gasteiger partial charge in [0.05, 0.1) is 12.4 Å². The first-order chi connectivity index (χ1) is 6.16. The van der Waals surface area contributed by atoms with Crippen molar-refractivity contribution in [2.24, 2.45) is 0 Å². The molecule has 0 rings (SSSR count). The molecule has 0 fully saturated rings. The van der Waals surface area contributed by atoms with Crippen LogP contribution in [0.2, 0.25) is 0 Å². The SMILES string of the molecule is COCCO/C(C)=C/CC=C(C)C. The summed E-state index contributed by atoms with van der Waals surface area (Å²) in [5.74, 6) is 0.967. The molecule has 0 unspecified atom stereocenters. The normalized spacial score (nSPS) is 11.2. The van der Waals surface area contributed by atoms with E-state index in [4.69, 9.17) is 9.47 Å². The second kappa shape index (κ2) is 7.87. The smallest absolute Gasteiger partial charge is 0.111 e. The van der Waals surface area contributed by atoms with Crippen molar-refractivity contribution in [3.63, 3.8) is 0 Å². The van der Waals surface area contributed by atoms with Gasteiger partial charge < -0.3 is 9.47 Å². The summed E-state index contributed by atoms with van der Waals surface area (Å²) in [7, 11) is 1.67. The minimum atomic E-state index is 0.633. The molecule has 0 aliphatic rings. The van der Waals surface area contributed by atoms with Gasteiger partial charge in [0.25, 0.3) is 0 Å². The highest BCUT2D eigenvalue weighted by Gasteiger charge is 1.88. The molecule has 2 heteroatoms. The van der Waals surface area contributed by atoms with Crippen molar-refractivity contribution in [1.29, 1.82) is 0 Å². The number of hydrogen-bond donors (Lipinski definition) is 0. The Labute approximate surface area is 81.2 Å². The van der Waals surface area contributed by atoms with Gasteiger partial charge >= 0.3 is 0 Å². The lowest BCUT2D eigenvalue weighted by atomic mass is 10.2. The third kappa shape index (κ3) is 9.15. The van der Waals surface area contributed by atoms with Crippen molar-refractivity contribution in [3.05, 3.63) is 23.5 Å².